The van der Waals surface area contributed by atoms with E-state index in [2.05, 4.69) is 25.1 Å². The van der Waals surface area contributed by atoms with Crippen molar-refractivity contribution in [2.24, 2.45) is 7.05 Å². The van der Waals surface area contributed by atoms with Gasteiger partial charge < -0.3 is 14.8 Å². The highest BCUT2D eigenvalue weighted by Crippen LogP contribution is 2.34. The molecule has 0 radical (unpaired) electrons. The summed E-state index contributed by atoms with van der Waals surface area (Å²) in [5, 5.41) is 7.10. The summed E-state index contributed by atoms with van der Waals surface area (Å²) < 4.78 is 59.2. The van der Waals surface area contributed by atoms with Gasteiger partial charge in [-0.15, -0.1) is 0 Å². The van der Waals surface area contributed by atoms with E-state index in [1.54, 1.807) is 23.9 Å². The molecule has 12 heteroatoms. The molecule has 0 aliphatic carbocycles. The lowest BCUT2D eigenvalue weighted by Gasteiger charge is -2.20. The number of aromatic nitrogens is 4. The second-order valence-electron chi connectivity index (χ2n) is 8.12. The number of fused-ring (bicyclic) bond motifs is 1. The fourth-order valence-corrected chi connectivity index (χ4v) is 4.14. The molecule has 4 aromatic rings. The van der Waals surface area contributed by atoms with E-state index < -0.39 is 31.0 Å². The zero-order valence-electron chi connectivity index (χ0n) is 21.1. The Kier molecular flexibility index (Phi) is 7.52. The standard InChI is InChI=1S/C25H23ClF3N5O3/c1-13-7-18(24-30-12-31-34(24)3)16-5-4-6-21(23(16)32-13)36-10-19-17(8-15(27)9-20(19)26)14(2)33-22(35)11-37-25(28)29/h4-9,12,14,25H,10-11H2,1-3H3,(H,33,35)/i14D. The van der Waals surface area contributed by atoms with E-state index in [-0.39, 0.29) is 22.8 Å². The number of pyridine rings is 1. The molecule has 0 aliphatic rings. The van der Waals surface area contributed by atoms with Crippen molar-refractivity contribution in [3.8, 4) is 17.1 Å². The number of aryl methyl sites for hydroxylation is 2. The van der Waals surface area contributed by atoms with Crippen molar-refractivity contribution in [2.45, 2.75) is 33.1 Å². The van der Waals surface area contributed by atoms with Gasteiger partial charge in [0.15, 0.2) is 5.82 Å². The Morgan fingerprint density at radius 3 is 2.78 bits per heavy atom. The fourth-order valence-electron chi connectivity index (χ4n) is 3.88. The smallest absolute Gasteiger partial charge is 0.345 e. The Hall–Kier alpha value is -3.70. The van der Waals surface area contributed by atoms with Crippen LogP contribution in [0.4, 0.5) is 13.2 Å². The molecular formula is C25H23ClF3N5O3. The van der Waals surface area contributed by atoms with Gasteiger partial charge >= 0.3 is 6.61 Å². The molecule has 8 nitrogen and oxygen atoms in total. The van der Waals surface area contributed by atoms with Gasteiger partial charge in [0.2, 0.25) is 5.91 Å². The van der Waals surface area contributed by atoms with Gasteiger partial charge in [0, 0.05) is 29.3 Å². The number of hydrogen-bond donors (Lipinski definition) is 1. The first-order chi connectivity index (χ1) is 18.0. The van der Waals surface area contributed by atoms with E-state index in [4.69, 9.17) is 17.7 Å². The predicted molar refractivity (Wildman–Crippen MR) is 131 cm³/mol. The van der Waals surface area contributed by atoms with E-state index in [0.29, 0.717) is 22.8 Å². The average Bonchev–Trinajstić information content (AvgIpc) is 3.26. The molecule has 1 atom stereocenters. The van der Waals surface area contributed by atoms with Crippen molar-refractivity contribution < 1.29 is 28.8 Å². The number of carbonyl (C=O) groups is 1. The first-order valence-electron chi connectivity index (χ1n) is 11.5. The summed E-state index contributed by atoms with van der Waals surface area (Å²) in [6.07, 6.45) is 1.45. The minimum absolute atomic E-state index is 0.0166. The van der Waals surface area contributed by atoms with Gasteiger partial charge in [0.25, 0.3) is 0 Å². The predicted octanol–water partition coefficient (Wildman–Crippen LogP) is 5.13. The van der Waals surface area contributed by atoms with Gasteiger partial charge in [0.1, 0.15) is 36.6 Å². The molecule has 0 bridgehead atoms. The Morgan fingerprint density at radius 2 is 2.08 bits per heavy atom. The van der Waals surface area contributed by atoms with Crippen molar-refractivity contribution in [3.05, 3.63) is 70.4 Å². The number of halogens is 4. The molecule has 0 saturated heterocycles. The number of hydrogen-bond acceptors (Lipinski definition) is 6. The molecule has 1 amide bonds. The second kappa shape index (κ2) is 11.1. The molecule has 0 saturated carbocycles. The van der Waals surface area contributed by atoms with Crippen LogP contribution in [0.3, 0.4) is 0 Å². The van der Waals surface area contributed by atoms with Crippen LogP contribution < -0.4 is 10.1 Å². The summed E-state index contributed by atoms with van der Waals surface area (Å²) in [7, 11) is 1.78. The van der Waals surface area contributed by atoms with Crippen LogP contribution in [0.2, 0.25) is 5.02 Å². The van der Waals surface area contributed by atoms with Crippen LogP contribution in [0.15, 0.2) is 42.7 Å². The van der Waals surface area contributed by atoms with E-state index in [1.165, 1.54) is 13.3 Å². The highest BCUT2D eigenvalue weighted by atomic mass is 35.5. The van der Waals surface area contributed by atoms with Gasteiger partial charge in [-0.25, -0.2) is 19.0 Å². The van der Waals surface area contributed by atoms with Crippen molar-refractivity contribution in [1.82, 2.24) is 25.1 Å². The molecule has 4 rings (SSSR count). The number of carbonyl (C=O) groups excluding carboxylic acids is 1. The van der Waals surface area contributed by atoms with Gasteiger partial charge in [-0.2, -0.15) is 13.9 Å². The van der Waals surface area contributed by atoms with Crippen molar-refractivity contribution in [3.63, 3.8) is 0 Å². The highest BCUT2D eigenvalue weighted by Gasteiger charge is 2.20. The first-order valence-corrected chi connectivity index (χ1v) is 11.4. The second-order valence-corrected chi connectivity index (χ2v) is 8.53. The third-order valence-corrected chi connectivity index (χ3v) is 5.82. The van der Waals surface area contributed by atoms with Gasteiger partial charge in [-0.05, 0) is 43.7 Å². The molecule has 0 aliphatic heterocycles. The third-order valence-electron chi connectivity index (χ3n) is 5.49. The minimum atomic E-state index is -3.16. The summed E-state index contributed by atoms with van der Waals surface area (Å²) in [6.45, 7) is -1.25. The summed E-state index contributed by atoms with van der Waals surface area (Å²) in [4.78, 5) is 21.0. The van der Waals surface area contributed by atoms with Crippen LogP contribution in [0, 0.1) is 12.7 Å². The number of nitrogens with zero attached hydrogens (tertiary/aromatic N) is 4. The quantitative estimate of drug-likeness (QED) is 0.320. The molecule has 0 fully saturated rings. The summed E-state index contributed by atoms with van der Waals surface area (Å²) in [6, 6.07) is 7.38. The normalized spacial score (nSPS) is 13.5. The molecular weight excluding hydrogens is 511 g/mol. The summed E-state index contributed by atoms with van der Waals surface area (Å²) in [5.74, 6) is -0.707. The average molecular weight is 535 g/mol. The van der Waals surface area contributed by atoms with Gasteiger partial charge in [-0.1, -0.05) is 23.7 Å². The molecule has 1 unspecified atom stereocenters. The molecule has 2 aromatic heterocycles. The number of nitrogens with one attached hydrogen (secondary N) is 1. The van der Waals surface area contributed by atoms with Crippen molar-refractivity contribution >= 4 is 28.4 Å². The number of amides is 1. The van der Waals surface area contributed by atoms with Crippen LogP contribution in [-0.2, 0) is 23.2 Å². The molecule has 2 aromatic carbocycles. The SMILES string of the molecule is [2H]C(C)(NC(=O)COC(F)F)c1cc(F)cc(Cl)c1COc1cccc2c(-c3ncnn3C)cc(C)nc12. The number of benzene rings is 2. The topological polar surface area (TPSA) is 91.2 Å². The first kappa shape index (κ1) is 25.0. The van der Waals surface area contributed by atoms with Crippen LogP contribution in [-0.4, -0.2) is 38.9 Å². The summed E-state index contributed by atoms with van der Waals surface area (Å²) in [5.41, 5.74) is 2.25. The number of para-hydroxylation sites is 1. The molecule has 1 N–H and O–H groups in total. The Morgan fingerprint density at radius 1 is 1.30 bits per heavy atom. The van der Waals surface area contributed by atoms with Gasteiger partial charge in [0.05, 0.1) is 12.4 Å². The molecule has 2 heterocycles. The zero-order valence-corrected chi connectivity index (χ0v) is 20.8. The molecule has 0 spiro atoms. The molecule has 194 valence electrons. The number of alkyl halides is 2. The lowest BCUT2D eigenvalue weighted by atomic mass is 10.0. The van der Waals surface area contributed by atoms with E-state index >= 15 is 0 Å². The van der Waals surface area contributed by atoms with E-state index in [0.717, 1.165) is 23.1 Å². The minimum Gasteiger partial charge on any atom is -0.487 e. The van der Waals surface area contributed by atoms with Crippen molar-refractivity contribution in [1.29, 1.82) is 0 Å². The van der Waals surface area contributed by atoms with Crippen LogP contribution >= 0.6 is 11.6 Å². The fraction of sp³-hybridized carbons (Fsp3) is 0.280. The highest BCUT2D eigenvalue weighted by molar-refractivity contribution is 6.31. The summed E-state index contributed by atoms with van der Waals surface area (Å²) >= 11 is 6.33. The van der Waals surface area contributed by atoms with Crippen LogP contribution in [0.1, 0.15) is 31.1 Å². The Balaban J connectivity index is 1.68. The van der Waals surface area contributed by atoms with Gasteiger partial charge in [-0.3, -0.25) is 4.79 Å². The van der Waals surface area contributed by atoms with E-state index in [1.807, 2.05) is 19.1 Å². The number of ether oxygens (including phenoxy) is 2. The number of rotatable bonds is 9. The Bertz CT molecular complexity index is 1500. The maximum atomic E-state index is 14.3. The molecule has 37 heavy (non-hydrogen) atoms. The zero-order chi connectivity index (χ0) is 27.6. The van der Waals surface area contributed by atoms with Crippen LogP contribution in [0.5, 0.6) is 5.75 Å². The van der Waals surface area contributed by atoms with E-state index in [9.17, 15) is 18.0 Å². The third kappa shape index (κ3) is 6.00. The monoisotopic (exact) mass is 534 g/mol. The maximum Gasteiger partial charge on any atom is 0.345 e. The maximum absolute atomic E-state index is 14.3. The Labute approximate surface area is 216 Å². The largest absolute Gasteiger partial charge is 0.487 e. The van der Waals surface area contributed by atoms with Crippen molar-refractivity contribution in [2.75, 3.05) is 6.61 Å². The van der Waals surface area contributed by atoms with Crippen LogP contribution in [0.25, 0.3) is 22.3 Å². The lowest BCUT2D eigenvalue weighted by Crippen LogP contribution is -2.31. The lowest BCUT2D eigenvalue weighted by molar-refractivity contribution is -0.152.